The van der Waals surface area contributed by atoms with Gasteiger partial charge in [-0.05, 0) is 36.2 Å². The highest BCUT2D eigenvalue weighted by Gasteiger charge is 2.22. The number of hydrogen-bond donors (Lipinski definition) is 2. The molecular weight excluding hydrogens is 392 g/mol. The Bertz CT molecular complexity index is 1090. The number of benzene rings is 1. The molecular formula is C20H20N4O4S. The van der Waals surface area contributed by atoms with Gasteiger partial charge < -0.3 is 10.1 Å². The molecule has 8 nitrogen and oxygen atoms in total. The van der Waals surface area contributed by atoms with Crippen molar-refractivity contribution in [2.24, 2.45) is 0 Å². The Morgan fingerprint density at radius 3 is 2.59 bits per heavy atom. The van der Waals surface area contributed by atoms with E-state index in [1.54, 1.807) is 24.5 Å². The van der Waals surface area contributed by atoms with Crippen LogP contribution in [0.4, 0.5) is 5.69 Å². The van der Waals surface area contributed by atoms with E-state index in [-0.39, 0.29) is 16.1 Å². The molecule has 0 atom stereocenters. The number of amides is 1. The third-order valence-electron chi connectivity index (χ3n) is 4.07. The summed E-state index contributed by atoms with van der Waals surface area (Å²) in [7, 11) is -2.55. The zero-order chi connectivity index (χ0) is 20.7. The predicted molar refractivity (Wildman–Crippen MR) is 108 cm³/mol. The maximum atomic E-state index is 12.9. The second kappa shape index (κ2) is 9.16. The average Bonchev–Trinajstić information content (AvgIpc) is 2.74. The molecule has 29 heavy (non-hydrogen) atoms. The molecule has 9 heteroatoms. The Morgan fingerprint density at radius 1 is 1.07 bits per heavy atom. The van der Waals surface area contributed by atoms with Crippen LogP contribution in [0.25, 0.3) is 0 Å². The molecule has 0 bridgehead atoms. The normalized spacial score (nSPS) is 10.9. The topological polar surface area (TPSA) is 110 Å². The van der Waals surface area contributed by atoms with Gasteiger partial charge in [-0.2, -0.15) is 0 Å². The number of methoxy groups -OCH3 is 1. The third-order valence-corrected chi connectivity index (χ3v) is 5.51. The molecule has 1 amide bonds. The minimum absolute atomic E-state index is 0.0607. The number of pyridine rings is 2. The van der Waals surface area contributed by atoms with E-state index in [1.807, 2.05) is 12.1 Å². The lowest BCUT2D eigenvalue weighted by Crippen LogP contribution is -2.28. The third kappa shape index (κ3) is 5.29. The molecule has 2 aromatic heterocycles. The Labute approximate surface area is 169 Å². The van der Waals surface area contributed by atoms with Crippen molar-refractivity contribution >= 4 is 21.6 Å². The molecule has 0 radical (unpaired) electrons. The van der Waals surface area contributed by atoms with Crippen molar-refractivity contribution in [1.82, 2.24) is 15.3 Å². The molecule has 2 heterocycles. The number of nitrogens with zero attached hydrogens (tertiary/aromatic N) is 2. The quantitative estimate of drug-likeness (QED) is 0.587. The van der Waals surface area contributed by atoms with Crippen molar-refractivity contribution < 1.29 is 17.9 Å². The summed E-state index contributed by atoms with van der Waals surface area (Å²) in [6, 6.07) is 11.2. The minimum atomic E-state index is -4.01. The first-order chi connectivity index (χ1) is 14.0. The molecule has 3 rings (SSSR count). The molecule has 0 spiro atoms. The highest BCUT2D eigenvalue weighted by atomic mass is 32.2. The molecule has 0 unspecified atom stereocenters. The largest absolute Gasteiger partial charge is 0.495 e. The van der Waals surface area contributed by atoms with Crippen LogP contribution >= 0.6 is 0 Å². The van der Waals surface area contributed by atoms with Crippen molar-refractivity contribution in [3.8, 4) is 5.75 Å². The van der Waals surface area contributed by atoms with E-state index in [0.29, 0.717) is 18.7 Å². The molecule has 0 saturated heterocycles. The van der Waals surface area contributed by atoms with Crippen LogP contribution in [0.1, 0.15) is 15.9 Å². The summed E-state index contributed by atoms with van der Waals surface area (Å²) in [6.07, 6.45) is 6.78. The van der Waals surface area contributed by atoms with Crippen molar-refractivity contribution in [2.75, 3.05) is 18.4 Å². The predicted octanol–water partition coefficient (Wildman–Crippen LogP) is 2.26. The van der Waals surface area contributed by atoms with Crippen LogP contribution < -0.4 is 14.8 Å². The molecule has 0 aliphatic carbocycles. The summed E-state index contributed by atoms with van der Waals surface area (Å²) >= 11 is 0. The van der Waals surface area contributed by atoms with Crippen molar-refractivity contribution in [3.63, 3.8) is 0 Å². The van der Waals surface area contributed by atoms with Crippen LogP contribution in [0.5, 0.6) is 5.75 Å². The Morgan fingerprint density at radius 2 is 1.83 bits per heavy atom. The fourth-order valence-corrected chi connectivity index (χ4v) is 3.89. The van der Waals surface area contributed by atoms with Crippen LogP contribution in [0, 0.1) is 0 Å². The average molecular weight is 412 g/mol. The zero-order valence-corrected chi connectivity index (χ0v) is 16.5. The van der Waals surface area contributed by atoms with Gasteiger partial charge >= 0.3 is 0 Å². The Balaban J connectivity index is 1.75. The number of rotatable bonds is 8. The number of nitrogens with one attached hydrogen (secondary N) is 2. The van der Waals surface area contributed by atoms with E-state index in [0.717, 1.165) is 5.56 Å². The maximum absolute atomic E-state index is 12.9. The molecule has 0 saturated carbocycles. The van der Waals surface area contributed by atoms with E-state index in [1.165, 1.54) is 37.7 Å². The number of aromatic nitrogens is 2. The van der Waals surface area contributed by atoms with E-state index >= 15 is 0 Å². The summed E-state index contributed by atoms with van der Waals surface area (Å²) in [5, 5.41) is 2.76. The first-order valence-electron chi connectivity index (χ1n) is 8.77. The SMILES string of the molecule is COc1cncc(NS(=O)(=O)c2ccccc2C(=O)NCCc2ccncc2)c1. The van der Waals surface area contributed by atoms with Crippen LogP contribution in [-0.4, -0.2) is 37.9 Å². The van der Waals surface area contributed by atoms with Gasteiger partial charge in [0.25, 0.3) is 15.9 Å². The van der Waals surface area contributed by atoms with Gasteiger partial charge in [-0.1, -0.05) is 12.1 Å². The van der Waals surface area contributed by atoms with Crippen LogP contribution in [-0.2, 0) is 16.4 Å². The lowest BCUT2D eigenvalue weighted by atomic mass is 10.2. The fraction of sp³-hybridized carbons (Fsp3) is 0.150. The van der Waals surface area contributed by atoms with Crippen LogP contribution in [0.2, 0.25) is 0 Å². The molecule has 2 N–H and O–H groups in total. The van der Waals surface area contributed by atoms with Crippen molar-refractivity contribution in [3.05, 3.63) is 78.4 Å². The van der Waals surface area contributed by atoms with Gasteiger partial charge in [0.1, 0.15) is 10.6 Å². The Hall–Kier alpha value is -3.46. The van der Waals surface area contributed by atoms with Gasteiger partial charge in [0.15, 0.2) is 0 Å². The second-order valence-electron chi connectivity index (χ2n) is 6.08. The summed E-state index contributed by atoms with van der Waals surface area (Å²) < 4.78 is 33.2. The highest BCUT2D eigenvalue weighted by Crippen LogP contribution is 2.21. The molecule has 0 aliphatic rings. The molecule has 0 fully saturated rings. The monoisotopic (exact) mass is 412 g/mol. The van der Waals surface area contributed by atoms with E-state index in [9.17, 15) is 13.2 Å². The first kappa shape index (κ1) is 20.3. The minimum Gasteiger partial charge on any atom is -0.495 e. The number of carbonyl (C=O) groups excluding carboxylic acids is 1. The lowest BCUT2D eigenvalue weighted by Gasteiger charge is -2.13. The first-order valence-corrected chi connectivity index (χ1v) is 10.3. The molecule has 1 aromatic carbocycles. The fourth-order valence-electron chi connectivity index (χ4n) is 2.65. The number of carbonyl (C=O) groups is 1. The Kier molecular flexibility index (Phi) is 6.40. The molecule has 3 aromatic rings. The molecule has 0 aliphatic heterocycles. The second-order valence-corrected chi connectivity index (χ2v) is 7.73. The molecule has 150 valence electrons. The van der Waals surface area contributed by atoms with Gasteiger partial charge in [-0.15, -0.1) is 0 Å². The standard InChI is InChI=1S/C20H20N4O4S/c1-28-17-12-16(13-22-14-17)24-29(26,27)19-5-3-2-4-18(19)20(25)23-11-8-15-6-9-21-10-7-15/h2-7,9-10,12-14,24H,8,11H2,1H3,(H,23,25). The summed E-state index contributed by atoms with van der Waals surface area (Å²) in [4.78, 5) is 20.4. The van der Waals surface area contributed by atoms with Gasteiger partial charge in [-0.25, -0.2) is 8.42 Å². The highest BCUT2D eigenvalue weighted by molar-refractivity contribution is 7.92. The van der Waals surface area contributed by atoms with Gasteiger partial charge in [0.2, 0.25) is 0 Å². The van der Waals surface area contributed by atoms with E-state index < -0.39 is 15.9 Å². The smallest absolute Gasteiger partial charge is 0.262 e. The van der Waals surface area contributed by atoms with Gasteiger partial charge in [-0.3, -0.25) is 19.5 Å². The van der Waals surface area contributed by atoms with Gasteiger partial charge in [0.05, 0.1) is 30.8 Å². The van der Waals surface area contributed by atoms with E-state index in [2.05, 4.69) is 20.0 Å². The van der Waals surface area contributed by atoms with E-state index in [4.69, 9.17) is 4.74 Å². The summed E-state index contributed by atoms with van der Waals surface area (Å²) in [5.74, 6) is -0.0591. The number of anilines is 1. The maximum Gasteiger partial charge on any atom is 0.262 e. The number of hydrogen-bond acceptors (Lipinski definition) is 6. The van der Waals surface area contributed by atoms with Crippen LogP contribution in [0.3, 0.4) is 0 Å². The lowest BCUT2D eigenvalue weighted by molar-refractivity contribution is 0.0951. The zero-order valence-electron chi connectivity index (χ0n) is 15.7. The van der Waals surface area contributed by atoms with Crippen molar-refractivity contribution in [2.45, 2.75) is 11.3 Å². The van der Waals surface area contributed by atoms with Gasteiger partial charge in [0, 0.05) is 25.0 Å². The summed E-state index contributed by atoms with van der Waals surface area (Å²) in [5.41, 5.74) is 1.32. The van der Waals surface area contributed by atoms with Crippen LogP contribution in [0.15, 0.2) is 72.1 Å². The summed E-state index contributed by atoms with van der Waals surface area (Å²) in [6.45, 7) is 0.366. The number of ether oxygens (including phenoxy) is 1. The number of sulfonamides is 1. The van der Waals surface area contributed by atoms with Crippen molar-refractivity contribution in [1.29, 1.82) is 0 Å².